The average molecular weight is 422 g/mol. The predicted octanol–water partition coefficient (Wildman–Crippen LogP) is 5.16. The Balaban J connectivity index is 3.11. The Kier molecular flexibility index (Phi) is 10.4. The Labute approximate surface area is 179 Å². The zero-order chi connectivity index (χ0) is 22.7. The molecule has 0 aliphatic carbocycles. The van der Waals surface area contributed by atoms with Crippen LogP contribution in [0.5, 0.6) is 11.5 Å². The normalized spacial score (nSPS) is 13.6. The molecule has 1 aromatic carbocycles. The summed E-state index contributed by atoms with van der Waals surface area (Å²) >= 11 is 0. The van der Waals surface area contributed by atoms with Crippen molar-refractivity contribution >= 4 is 18.3 Å². The van der Waals surface area contributed by atoms with E-state index in [9.17, 15) is 9.59 Å². The van der Waals surface area contributed by atoms with E-state index >= 15 is 0 Å². The van der Waals surface area contributed by atoms with E-state index in [4.69, 9.17) is 18.9 Å². The van der Waals surface area contributed by atoms with Gasteiger partial charge in [0, 0.05) is 17.8 Å². The van der Waals surface area contributed by atoms with E-state index in [2.05, 4.69) is 18.8 Å². The van der Waals surface area contributed by atoms with Crippen LogP contribution in [0.2, 0.25) is 0 Å². The van der Waals surface area contributed by atoms with Crippen LogP contribution in [0.1, 0.15) is 65.9 Å². The molecule has 1 rings (SSSR count). The summed E-state index contributed by atoms with van der Waals surface area (Å²) in [4.78, 5) is 28.3. The van der Waals surface area contributed by atoms with E-state index in [-0.39, 0.29) is 6.61 Å². The second kappa shape index (κ2) is 12.2. The Hall–Kier alpha value is -2.57. The van der Waals surface area contributed by atoms with Gasteiger partial charge in [-0.3, -0.25) is 4.79 Å². The molecule has 0 fully saturated rings. The summed E-state index contributed by atoms with van der Waals surface area (Å²) < 4.78 is 21.7. The number of methoxy groups -OCH3 is 1. The number of carbonyl (C=O) groups excluding carboxylic acids is 2. The number of amides is 1. The molecule has 0 spiro atoms. The molecule has 7 heteroatoms. The number of rotatable bonds is 10. The van der Waals surface area contributed by atoms with Crippen LogP contribution in [-0.2, 0) is 14.3 Å². The van der Waals surface area contributed by atoms with E-state index in [0.29, 0.717) is 29.6 Å². The minimum atomic E-state index is -0.916. The van der Waals surface area contributed by atoms with Gasteiger partial charge < -0.3 is 18.9 Å². The molecule has 0 saturated heterocycles. The van der Waals surface area contributed by atoms with Crippen molar-refractivity contribution in [3.63, 3.8) is 0 Å². The average Bonchev–Trinajstić information content (AvgIpc) is 2.66. The van der Waals surface area contributed by atoms with E-state index in [1.165, 1.54) is 13.3 Å². The standard InChI is InChI=1S/C23H35NO6/c1-8-10-16(3)15-29-17-11-12-18(20(13-17)27-7)19(21(25)28-9-2)14-24-22(26)30-23(4,5)6/h11-14,16,19H,8-10,15H2,1-7H3/b24-14+. The van der Waals surface area contributed by atoms with Crippen molar-refractivity contribution in [2.24, 2.45) is 10.9 Å². The molecule has 0 saturated carbocycles. The Morgan fingerprint density at radius 2 is 1.90 bits per heavy atom. The van der Waals surface area contributed by atoms with Crippen molar-refractivity contribution in [3.05, 3.63) is 23.8 Å². The first-order chi connectivity index (χ1) is 14.1. The molecule has 0 bridgehead atoms. The number of nitrogens with zero attached hydrogens (tertiary/aromatic N) is 1. The van der Waals surface area contributed by atoms with Crippen molar-refractivity contribution in [1.82, 2.24) is 0 Å². The molecule has 30 heavy (non-hydrogen) atoms. The molecule has 7 nitrogen and oxygen atoms in total. The molecule has 0 aromatic heterocycles. The fraction of sp³-hybridized carbons (Fsp3) is 0.609. The van der Waals surface area contributed by atoms with Gasteiger partial charge in [-0.1, -0.05) is 26.3 Å². The second-order valence-corrected chi connectivity index (χ2v) is 8.10. The molecule has 0 aliphatic heterocycles. The number of benzene rings is 1. The van der Waals surface area contributed by atoms with Crippen molar-refractivity contribution < 1.29 is 28.5 Å². The Morgan fingerprint density at radius 1 is 1.20 bits per heavy atom. The maximum absolute atomic E-state index is 12.5. The number of carbonyl (C=O) groups is 2. The Bertz CT molecular complexity index is 723. The number of hydrogen-bond acceptors (Lipinski definition) is 6. The van der Waals surface area contributed by atoms with Crippen LogP contribution in [0.3, 0.4) is 0 Å². The monoisotopic (exact) mass is 421 g/mol. The zero-order valence-electron chi connectivity index (χ0n) is 19.2. The highest BCUT2D eigenvalue weighted by atomic mass is 16.6. The van der Waals surface area contributed by atoms with E-state index < -0.39 is 23.6 Å². The maximum atomic E-state index is 12.5. The van der Waals surface area contributed by atoms with Gasteiger partial charge >= 0.3 is 12.1 Å². The summed E-state index contributed by atoms with van der Waals surface area (Å²) in [6.45, 7) is 12.0. The summed E-state index contributed by atoms with van der Waals surface area (Å²) in [5, 5.41) is 0. The van der Waals surface area contributed by atoms with Crippen molar-refractivity contribution in [1.29, 1.82) is 0 Å². The fourth-order valence-corrected chi connectivity index (χ4v) is 2.78. The summed E-state index contributed by atoms with van der Waals surface area (Å²) in [6, 6.07) is 5.22. The van der Waals surface area contributed by atoms with Crippen LogP contribution in [-0.4, -0.2) is 44.2 Å². The number of ether oxygens (including phenoxy) is 4. The van der Waals surface area contributed by atoms with Crippen LogP contribution >= 0.6 is 0 Å². The molecule has 2 atom stereocenters. The summed E-state index contributed by atoms with van der Waals surface area (Å²) in [6.07, 6.45) is 2.64. The third-order valence-electron chi connectivity index (χ3n) is 4.12. The highest BCUT2D eigenvalue weighted by Gasteiger charge is 2.25. The topological polar surface area (TPSA) is 83.4 Å². The van der Waals surface area contributed by atoms with E-state index in [1.54, 1.807) is 45.9 Å². The minimum absolute atomic E-state index is 0.203. The minimum Gasteiger partial charge on any atom is -0.496 e. The zero-order valence-corrected chi connectivity index (χ0v) is 19.2. The quantitative estimate of drug-likeness (QED) is 0.383. The van der Waals surface area contributed by atoms with Crippen LogP contribution < -0.4 is 9.47 Å². The second-order valence-electron chi connectivity index (χ2n) is 8.10. The van der Waals surface area contributed by atoms with Crippen molar-refractivity contribution in [2.75, 3.05) is 20.3 Å². The first-order valence-corrected chi connectivity index (χ1v) is 10.4. The largest absolute Gasteiger partial charge is 0.496 e. The van der Waals surface area contributed by atoms with Gasteiger partial charge in [-0.15, -0.1) is 0 Å². The van der Waals surface area contributed by atoms with Gasteiger partial charge in [0.25, 0.3) is 0 Å². The molecule has 0 heterocycles. The number of aliphatic imine (C=N–C) groups is 1. The molecular formula is C23H35NO6. The lowest BCUT2D eigenvalue weighted by atomic mass is 9.99. The highest BCUT2D eigenvalue weighted by Crippen LogP contribution is 2.31. The van der Waals surface area contributed by atoms with Crippen LogP contribution in [0.15, 0.2) is 23.2 Å². The van der Waals surface area contributed by atoms with Gasteiger partial charge in [-0.2, -0.15) is 4.99 Å². The number of hydrogen-bond donors (Lipinski definition) is 0. The molecule has 0 radical (unpaired) electrons. The van der Waals surface area contributed by atoms with Gasteiger partial charge in [-0.05, 0) is 46.1 Å². The molecule has 168 valence electrons. The highest BCUT2D eigenvalue weighted by molar-refractivity contribution is 5.99. The number of esters is 1. The molecule has 1 aromatic rings. The van der Waals surface area contributed by atoms with Crippen LogP contribution in [0, 0.1) is 5.92 Å². The molecule has 0 aliphatic rings. The molecule has 2 unspecified atom stereocenters. The van der Waals surface area contributed by atoms with E-state index in [1.807, 2.05) is 0 Å². The lowest BCUT2D eigenvalue weighted by Crippen LogP contribution is -2.23. The van der Waals surface area contributed by atoms with E-state index in [0.717, 1.165) is 12.8 Å². The lowest BCUT2D eigenvalue weighted by molar-refractivity contribution is -0.143. The lowest BCUT2D eigenvalue weighted by Gasteiger charge is -2.19. The van der Waals surface area contributed by atoms with Crippen LogP contribution in [0.4, 0.5) is 4.79 Å². The summed E-state index contributed by atoms with van der Waals surface area (Å²) in [7, 11) is 1.51. The van der Waals surface area contributed by atoms with Gasteiger partial charge in [0.1, 0.15) is 23.0 Å². The third-order valence-corrected chi connectivity index (χ3v) is 4.12. The Morgan fingerprint density at radius 3 is 2.47 bits per heavy atom. The van der Waals surface area contributed by atoms with Crippen molar-refractivity contribution in [2.45, 2.75) is 65.9 Å². The summed E-state index contributed by atoms with van der Waals surface area (Å²) in [5.41, 5.74) is -0.156. The molecule has 0 N–H and O–H groups in total. The predicted molar refractivity (Wildman–Crippen MR) is 117 cm³/mol. The first kappa shape index (κ1) is 25.5. The summed E-state index contributed by atoms with van der Waals surface area (Å²) in [5.74, 6) is 0.0809. The fourth-order valence-electron chi connectivity index (χ4n) is 2.78. The van der Waals surface area contributed by atoms with Crippen LogP contribution in [0.25, 0.3) is 0 Å². The van der Waals surface area contributed by atoms with Gasteiger partial charge in [-0.25, -0.2) is 4.79 Å². The third kappa shape index (κ3) is 8.84. The van der Waals surface area contributed by atoms with Gasteiger partial charge in [0.15, 0.2) is 0 Å². The van der Waals surface area contributed by atoms with Gasteiger partial charge in [0.05, 0.1) is 20.3 Å². The molecular weight excluding hydrogens is 386 g/mol. The maximum Gasteiger partial charge on any atom is 0.433 e. The van der Waals surface area contributed by atoms with Crippen molar-refractivity contribution in [3.8, 4) is 11.5 Å². The molecule has 1 amide bonds. The first-order valence-electron chi connectivity index (χ1n) is 10.4. The SMILES string of the molecule is CCCC(C)COc1ccc(C(/C=N/C(=O)OC(C)(C)C)C(=O)OCC)c(OC)c1. The van der Waals surface area contributed by atoms with Gasteiger partial charge in [0.2, 0.25) is 0 Å². The smallest absolute Gasteiger partial charge is 0.433 e.